The maximum atomic E-state index is 12.9. The maximum Gasteiger partial charge on any atom is 0.234 e. The van der Waals surface area contributed by atoms with Crippen LogP contribution in [0.1, 0.15) is 19.4 Å². The van der Waals surface area contributed by atoms with Crippen LogP contribution < -0.4 is 15.5 Å². The molecule has 2 aliphatic rings. The van der Waals surface area contributed by atoms with Crippen molar-refractivity contribution in [2.24, 2.45) is 5.92 Å². The zero-order valence-corrected chi connectivity index (χ0v) is 17.1. The fraction of sp³-hybridized carbons (Fsp3) is 0.619. The number of nitrogens with one attached hydrogen (secondary N) is 2. The van der Waals surface area contributed by atoms with Gasteiger partial charge in [0.2, 0.25) is 11.8 Å². The molecule has 3 rings (SSSR count). The molecule has 1 aromatic carbocycles. The Morgan fingerprint density at radius 2 is 2.04 bits per heavy atom. The fourth-order valence-electron chi connectivity index (χ4n) is 4.24. The number of para-hydroxylation sites is 1. The summed E-state index contributed by atoms with van der Waals surface area (Å²) in [4.78, 5) is 29.7. The van der Waals surface area contributed by atoms with Gasteiger partial charge in [-0.15, -0.1) is 0 Å². The highest BCUT2D eigenvalue weighted by atomic mass is 16.5. The molecule has 2 aliphatic heterocycles. The van der Waals surface area contributed by atoms with Gasteiger partial charge in [-0.3, -0.25) is 14.5 Å². The number of ether oxygens (including phenoxy) is 1. The molecule has 2 amide bonds. The van der Waals surface area contributed by atoms with E-state index < -0.39 is 0 Å². The van der Waals surface area contributed by atoms with Gasteiger partial charge >= 0.3 is 0 Å². The van der Waals surface area contributed by atoms with E-state index in [9.17, 15) is 9.59 Å². The monoisotopic (exact) mass is 388 g/mol. The number of hydrogen-bond donors (Lipinski definition) is 2. The molecular weight excluding hydrogens is 356 g/mol. The smallest absolute Gasteiger partial charge is 0.234 e. The molecule has 154 valence electrons. The third-order valence-electron chi connectivity index (χ3n) is 5.47. The Morgan fingerprint density at radius 1 is 1.25 bits per heavy atom. The van der Waals surface area contributed by atoms with Crippen LogP contribution in [0.2, 0.25) is 0 Å². The van der Waals surface area contributed by atoms with Crippen molar-refractivity contribution in [2.75, 3.05) is 51.3 Å². The first-order chi connectivity index (χ1) is 13.5. The second-order valence-corrected chi connectivity index (χ2v) is 7.94. The number of hydrogen-bond acceptors (Lipinski definition) is 5. The number of carbonyl (C=O) groups is 2. The molecule has 0 aromatic heterocycles. The summed E-state index contributed by atoms with van der Waals surface area (Å²) in [7, 11) is 1.63. The molecule has 0 radical (unpaired) electrons. The second-order valence-electron chi connectivity index (χ2n) is 7.94. The van der Waals surface area contributed by atoms with Crippen molar-refractivity contribution in [3.8, 4) is 0 Å². The summed E-state index contributed by atoms with van der Waals surface area (Å²) in [6, 6.07) is 8.54. The van der Waals surface area contributed by atoms with Crippen LogP contribution >= 0.6 is 0 Å². The van der Waals surface area contributed by atoms with Crippen molar-refractivity contribution < 1.29 is 14.3 Å². The van der Waals surface area contributed by atoms with E-state index in [1.54, 1.807) is 7.11 Å². The Kier molecular flexibility index (Phi) is 6.91. The Hall–Kier alpha value is -2.12. The molecule has 0 aliphatic carbocycles. The van der Waals surface area contributed by atoms with Crippen molar-refractivity contribution in [3.05, 3.63) is 29.8 Å². The SMILES string of the molecule is COCCNC(=O)C1Cc2ccccc2N2CCN(CC(=O)NC(C)C)CC12. The van der Waals surface area contributed by atoms with Gasteiger partial charge in [-0.1, -0.05) is 18.2 Å². The first-order valence-corrected chi connectivity index (χ1v) is 10.1. The highest BCUT2D eigenvalue weighted by Gasteiger charge is 2.41. The molecule has 0 bridgehead atoms. The minimum absolute atomic E-state index is 0.0424. The number of rotatable bonds is 7. The summed E-state index contributed by atoms with van der Waals surface area (Å²) >= 11 is 0. The molecule has 1 fully saturated rings. The molecule has 0 saturated carbocycles. The van der Waals surface area contributed by atoms with Gasteiger partial charge < -0.3 is 20.3 Å². The Labute approximate surface area is 167 Å². The van der Waals surface area contributed by atoms with Gasteiger partial charge in [0.1, 0.15) is 0 Å². The Balaban J connectivity index is 1.74. The number of methoxy groups -OCH3 is 1. The van der Waals surface area contributed by atoms with E-state index in [0.29, 0.717) is 26.2 Å². The van der Waals surface area contributed by atoms with Crippen LogP contribution in [0.15, 0.2) is 24.3 Å². The number of fused-ring (bicyclic) bond motifs is 3. The molecule has 1 saturated heterocycles. The number of benzene rings is 1. The topological polar surface area (TPSA) is 73.9 Å². The van der Waals surface area contributed by atoms with Gasteiger partial charge in [0.15, 0.2) is 0 Å². The van der Waals surface area contributed by atoms with Crippen LogP contribution in [-0.4, -0.2) is 75.2 Å². The average Bonchev–Trinajstić information content (AvgIpc) is 2.66. The predicted octanol–water partition coefficient (Wildman–Crippen LogP) is 0.637. The van der Waals surface area contributed by atoms with Gasteiger partial charge in [-0.25, -0.2) is 0 Å². The molecule has 7 heteroatoms. The Bertz CT molecular complexity index is 694. The van der Waals surface area contributed by atoms with Crippen LogP contribution in [0.25, 0.3) is 0 Å². The number of amides is 2. The lowest BCUT2D eigenvalue weighted by Gasteiger charge is -2.49. The van der Waals surface area contributed by atoms with Crippen molar-refractivity contribution in [3.63, 3.8) is 0 Å². The van der Waals surface area contributed by atoms with Crippen molar-refractivity contribution in [2.45, 2.75) is 32.4 Å². The van der Waals surface area contributed by atoms with Crippen molar-refractivity contribution in [1.29, 1.82) is 0 Å². The van der Waals surface area contributed by atoms with Crippen LogP contribution in [0.3, 0.4) is 0 Å². The van der Waals surface area contributed by atoms with Crippen molar-refractivity contribution in [1.82, 2.24) is 15.5 Å². The van der Waals surface area contributed by atoms with E-state index in [2.05, 4.69) is 38.6 Å². The molecule has 2 unspecified atom stereocenters. The minimum atomic E-state index is -0.136. The van der Waals surface area contributed by atoms with Gasteiger partial charge in [0.25, 0.3) is 0 Å². The van der Waals surface area contributed by atoms with E-state index >= 15 is 0 Å². The zero-order valence-electron chi connectivity index (χ0n) is 17.1. The lowest BCUT2D eigenvalue weighted by molar-refractivity contribution is -0.126. The largest absolute Gasteiger partial charge is 0.383 e. The van der Waals surface area contributed by atoms with E-state index in [-0.39, 0.29) is 29.8 Å². The summed E-state index contributed by atoms with van der Waals surface area (Å²) in [5, 5.41) is 5.97. The van der Waals surface area contributed by atoms with E-state index in [1.807, 2.05) is 19.9 Å². The fourth-order valence-corrected chi connectivity index (χ4v) is 4.24. The average molecular weight is 389 g/mol. The highest BCUT2D eigenvalue weighted by molar-refractivity contribution is 5.82. The second kappa shape index (κ2) is 9.39. The minimum Gasteiger partial charge on any atom is -0.383 e. The van der Waals surface area contributed by atoms with Crippen molar-refractivity contribution >= 4 is 17.5 Å². The zero-order chi connectivity index (χ0) is 20.1. The van der Waals surface area contributed by atoms with Crippen LogP contribution in [0.5, 0.6) is 0 Å². The molecule has 0 spiro atoms. The molecule has 7 nitrogen and oxygen atoms in total. The maximum absolute atomic E-state index is 12.9. The third-order valence-corrected chi connectivity index (χ3v) is 5.47. The summed E-state index contributed by atoms with van der Waals surface area (Å²) < 4.78 is 5.06. The summed E-state index contributed by atoms with van der Waals surface area (Å²) in [5.74, 6) is -0.0292. The normalized spacial score (nSPS) is 21.8. The predicted molar refractivity (Wildman–Crippen MR) is 109 cm³/mol. The van der Waals surface area contributed by atoms with E-state index in [4.69, 9.17) is 4.74 Å². The standard InChI is InChI=1S/C21H32N4O3/c1-15(2)23-20(26)14-24-9-10-25-18-7-5-4-6-16(18)12-17(19(25)13-24)21(27)22-8-11-28-3/h4-7,15,17,19H,8-14H2,1-3H3,(H,22,27)(H,23,26). The quantitative estimate of drug-likeness (QED) is 0.671. The molecule has 28 heavy (non-hydrogen) atoms. The number of carbonyl (C=O) groups excluding carboxylic acids is 2. The molecule has 2 N–H and O–H groups in total. The van der Waals surface area contributed by atoms with Crippen LogP contribution in [0, 0.1) is 5.92 Å². The lowest BCUT2D eigenvalue weighted by Crippen LogP contribution is -2.62. The first kappa shape index (κ1) is 20.6. The van der Waals surface area contributed by atoms with Gasteiger partial charge in [-0.2, -0.15) is 0 Å². The highest BCUT2D eigenvalue weighted by Crippen LogP contribution is 2.35. The first-order valence-electron chi connectivity index (χ1n) is 10.1. The third kappa shape index (κ3) is 4.83. The molecule has 2 atom stereocenters. The summed E-state index contributed by atoms with van der Waals surface area (Å²) in [5.41, 5.74) is 2.44. The molecule has 2 heterocycles. The van der Waals surface area contributed by atoms with E-state index in [1.165, 1.54) is 11.3 Å². The van der Waals surface area contributed by atoms with Crippen LogP contribution in [-0.2, 0) is 20.7 Å². The van der Waals surface area contributed by atoms with Gasteiger partial charge in [-0.05, 0) is 31.9 Å². The summed E-state index contributed by atoms with van der Waals surface area (Å²) in [6.07, 6.45) is 0.724. The lowest BCUT2D eigenvalue weighted by atomic mass is 9.83. The van der Waals surface area contributed by atoms with E-state index in [0.717, 1.165) is 19.5 Å². The number of nitrogens with zero attached hydrogens (tertiary/aromatic N) is 2. The van der Waals surface area contributed by atoms with Gasteiger partial charge in [0.05, 0.1) is 25.1 Å². The molecule has 1 aromatic rings. The van der Waals surface area contributed by atoms with Crippen LogP contribution in [0.4, 0.5) is 5.69 Å². The number of piperazine rings is 1. The Morgan fingerprint density at radius 3 is 2.79 bits per heavy atom. The van der Waals surface area contributed by atoms with Gasteiger partial charge in [0, 0.05) is 45.0 Å². The number of anilines is 1. The molecular formula is C21H32N4O3. The summed E-state index contributed by atoms with van der Waals surface area (Å²) in [6.45, 7) is 7.67.